The Morgan fingerprint density at radius 3 is 2.71 bits per heavy atom. The van der Waals surface area contributed by atoms with E-state index in [9.17, 15) is 13.2 Å². The molecule has 4 heteroatoms. The summed E-state index contributed by atoms with van der Waals surface area (Å²) in [5, 5.41) is 0.258. The maximum Gasteiger partial charge on any atom is 0.417 e. The summed E-state index contributed by atoms with van der Waals surface area (Å²) in [5.41, 5.74) is 0.349. The molecule has 1 aliphatic heterocycles. The first kappa shape index (κ1) is 9.90. The van der Waals surface area contributed by atoms with Gasteiger partial charge >= 0.3 is 6.18 Å². The molecule has 0 amide bonds. The molecule has 0 fully saturated rings. The minimum Gasteiger partial charge on any atom is -0.166 e. The Morgan fingerprint density at radius 1 is 1.36 bits per heavy atom. The summed E-state index contributed by atoms with van der Waals surface area (Å²) < 4.78 is 37.7. The largest absolute Gasteiger partial charge is 0.417 e. The van der Waals surface area contributed by atoms with Crippen LogP contribution in [0.25, 0.3) is 0 Å². The highest BCUT2D eigenvalue weighted by molar-refractivity contribution is 8.00. The number of fused-ring (bicyclic) bond motifs is 1. The normalized spacial score (nSPS) is 21.0. The van der Waals surface area contributed by atoms with Crippen LogP contribution in [0.1, 0.15) is 18.1 Å². The van der Waals surface area contributed by atoms with Crippen molar-refractivity contribution in [2.75, 3.05) is 0 Å². The first-order valence-electron chi connectivity index (χ1n) is 4.34. The van der Waals surface area contributed by atoms with Gasteiger partial charge < -0.3 is 0 Å². The fourth-order valence-corrected chi connectivity index (χ4v) is 2.94. The van der Waals surface area contributed by atoms with Crippen LogP contribution in [0.5, 0.6) is 0 Å². The first-order valence-corrected chi connectivity index (χ1v) is 5.22. The van der Waals surface area contributed by atoms with Gasteiger partial charge in [0.2, 0.25) is 0 Å². The molecule has 0 bridgehead atoms. The monoisotopic (exact) mass is 218 g/mol. The van der Waals surface area contributed by atoms with Crippen LogP contribution in [0, 0.1) is 0 Å². The summed E-state index contributed by atoms with van der Waals surface area (Å²) in [6.07, 6.45) is -3.48. The minimum atomic E-state index is -4.22. The molecule has 76 valence electrons. The average molecular weight is 218 g/mol. The lowest BCUT2D eigenvalue weighted by Crippen LogP contribution is -2.06. The van der Waals surface area contributed by atoms with E-state index >= 15 is 0 Å². The maximum absolute atomic E-state index is 12.6. The third-order valence-corrected chi connectivity index (χ3v) is 3.52. The highest BCUT2D eigenvalue weighted by Crippen LogP contribution is 2.44. The molecule has 2 rings (SSSR count). The van der Waals surface area contributed by atoms with E-state index in [4.69, 9.17) is 0 Å². The highest BCUT2D eigenvalue weighted by Gasteiger charge is 2.36. The van der Waals surface area contributed by atoms with Gasteiger partial charge in [-0.05, 0) is 18.1 Å². The third kappa shape index (κ3) is 1.63. The van der Waals surface area contributed by atoms with Crippen molar-refractivity contribution in [3.63, 3.8) is 0 Å². The number of rotatable bonds is 0. The highest BCUT2D eigenvalue weighted by atomic mass is 32.2. The SMILES string of the molecule is CC1Cc2cccc(C(F)(F)F)c2S1. The Labute approximate surface area is 84.5 Å². The van der Waals surface area contributed by atoms with E-state index in [1.54, 1.807) is 6.07 Å². The molecule has 1 aromatic carbocycles. The van der Waals surface area contributed by atoms with Crippen LogP contribution in [0.4, 0.5) is 13.2 Å². The number of benzene rings is 1. The van der Waals surface area contributed by atoms with Crippen LogP contribution in [-0.2, 0) is 12.6 Å². The number of thioether (sulfide) groups is 1. The standard InChI is InChI=1S/C10H9F3S/c1-6-5-7-3-2-4-8(9(7)14-6)10(11,12)13/h2-4,6H,5H2,1H3. The average Bonchev–Trinajstić information content (AvgIpc) is 2.41. The second-order valence-electron chi connectivity index (χ2n) is 3.42. The Kier molecular flexibility index (Phi) is 2.26. The molecule has 0 aliphatic carbocycles. The topological polar surface area (TPSA) is 0 Å². The van der Waals surface area contributed by atoms with Gasteiger partial charge in [0.15, 0.2) is 0 Å². The van der Waals surface area contributed by atoms with Crippen molar-refractivity contribution in [2.45, 2.75) is 29.7 Å². The Morgan fingerprint density at radius 2 is 2.07 bits per heavy atom. The molecule has 1 atom stereocenters. The molecule has 0 saturated carbocycles. The van der Waals surface area contributed by atoms with Crippen molar-refractivity contribution >= 4 is 11.8 Å². The molecule has 1 aromatic rings. The molecule has 0 N–H and O–H groups in total. The molecule has 0 nitrogen and oxygen atoms in total. The number of hydrogen-bond donors (Lipinski definition) is 0. The quantitative estimate of drug-likeness (QED) is 0.639. The predicted molar refractivity (Wildman–Crippen MR) is 50.5 cm³/mol. The summed E-state index contributed by atoms with van der Waals surface area (Å²) in [5.74, 6) is 0. The Hall–Kier alpha value is -0.640. The molecule has 0 spiro atoms. The lowest BCUT2D eigenvalue weighted by molar-refractivity contribution is -0.139. The number of alkyl halides is 3. The second kappa shape index (κ2) is 3.19. The molecular weight excluding hydrogens is 209 g/mol. The van der Waals surface area contributed by atoms with Gasteiger partial charge in [-0.3, -0.25) is 0 Å². The molecule has 0 saturated heterocycles. The number of halogens is 3. The van der Waals surface area contributed by atoms with Crippen molar-refractivity contribution in [1.29, 1.82) is 0 Å². The van der Waals surface area contributed by atoms with Crippen molar-refractivity contribution in [2.24, 2.45) is 0 Å². The zero-order valence-corrected chi connectivity index (χ0v) is 8.38. The number of hydrogen-bond acceptors (Lipinski definition) is 1. The molecule has 1 unspecified atom stereocenters. The fourth-order valence-electron chi connectivity index (χ4n) is 1.66. The third-order valence-electron chi connectivity index (χ3n) is 2.23. The van der Waals surface area contributed by atoms with Gasteiger partial charge in [-0.1, -0.05) is 19.1 Å². The molecule has 0 aromatic heterocycles. The minimum absolute atomic E-state index is 0.258. The van der Waals surface area contributed by atoms with E-state index in [1.165, 1.54) is 17.8 Å². The molecular formula is C10H9F3S. The predicted octanol–water partition coefficient (Wildman–Crippen LogP) is 3.74. The lowest BCUT2D eigenvalue weighted by atomic mass is 10.1. The summed E-state index contributed by atoms with van der Waals surface area (Å²) >= 11 is 1.32. The van der Waals surface area contributed by atoms with Crippen molar-refractivity contribution in [3.8, 4) is 0 Å². The van der Waals surface area contributed by atoms with Gasteiger partial charge in [0.25, 0.3) is 0 Å². The maximum atomic E-state index is 12.6. The van der Waals surface area contributed by atoms with E-state index in [2.05, 4.69) is 0 Å². The van der Waals surface area contributed by atoms with Crippen molar-refractivity contribution in [1.82, 2.24) is 0 Å². The van der Waals surface area contributed by atoms with E-state index in [-0.39, 0.29) is 5.25 Å². The van der Waals surface area contributed by atoms with Gasteiger partial charge in [0.05, 0.1) is 5.56 Å². The summed E-state index contributed by atoms with van der Waals surface area (Å²) in [6, 6.07) is 4.42. The van der Waals surface area contributed by atoms with Crippen LogP contribution >= 0.6 is 11.8 Å². The van der Waals surface area contributed by atoms with Crippen LogP contribution in [0.3, 0.4) is 0 Å². The first-order chi connectivity index (χ1) is 6.48. The fraction of sp³-hybridized carbons (Fsp3) is 0.400. The van der Waals surface area contributed by atoms with E-state index in [0.717, 1.165) is 18.1 Å². The molecule has 14 heavy (non-hydrogen) atoms. The summed E-state index contributed by atoms with van der Waals surface area (Å²) in [4.78, 5) is 0.424. The lowest BCUT2D eigenvalue weighted by Gasteiger charge is -2.10. The van der Waals surface area contributed by atoms with Crippen LogP contribution < -0.4 is 0 Å². The van der Waals surface area contributed by atoms with Crippen LogP contribution in [-0.4, -0.2) is 5.25 Å². The molecule has 1 heterocycles. The zero-order chi connectivity index (χ0) is 10.3. The van der Waals surface area contributed by atoms with Gasteiger partial charge in [0, 0.05) is 10.1 Å². The molecule has 1 aliphatic rings. The van der Waals surface area contributed by atoms with Crippen LogP contribution in [0.2, 0.25) is 0 Å². The van der Waals surface area contributed by atoms with Gasteiger partial charge in [0.1, 0.15) is 0 Å². The summed E-state index contributed by atoms with van der Waals surface area (Å²) in [7, 11) is 0. The Bertz CT molecular complexity index is 357. The van der Waals surface area contributed by atoms with Crippen molar-refractivity contribution in [3.05, 3.63) is 29.3 Å². The van der Waals surface area contributed by atoms with E-state index < -0.39 is 11.7 Å². The van der Waals surface area contributed by atoms with E-state index in [1.807, 2.05) is 6.92 Å². The van der Waals surface area contributed by atoms with Crippen molar-refractivity contribution < 1.29 is 13.2 Å². The zero-order valence-electron chi connectivity index (χ0n) is 7.56. The van der Waals surface area contributed by atoms with E-state index in [0.29, 0.717) is 4.90 Å². The van der Waals surface area contributed by atoms with Gasteiger partial charge in [-0.15, -0.1) is 11.8 Å². The Balaban J connectivity index is 2.50. The smallest absolute Gasteiger partial charge is 0.166 e. The summed E-state index contributed by atoms with van der Waals surface area (Å²) in [6.45, 7) is 1.95. The second-order valence-corrected chi connectivity index (χ2v) is 4.87. The van der Waals surface area contributed by atoms with Gasteiger partial charge in [-0.25, -0.2) is 0 Å². The van der Waals surface area contributed by atoms with Crippen LogP contribution in [0.15, 0.2) is 23.1 Å². The molecule has 0 radical (unpaired) electrons. The van der Waals surface area contributed by atoms with Gasteiger partial charge in [-0.2, -0.15) is 13.2 Å².